The first-order valence-electron chi connectivity index (χ1n) is 9.19. The van der Waals surface area contributed by atoms with E-state index in [-0.39, 0.29) is 11.4 Å². The van der Waals surface area contributed by atoms with E-state index in [4.69, 9.17) is 4.74 Å². The number of esters is 1. The number of carbonyl (C=O) groups is 2. The smallest absolute Gasteiger partial charge is 0.348 e. The molecule has 0 bridgehead atoms. The minimum Gasteiger partial charge on any atom is -0.451 e. The molecular weight excluding hydrogens is 380 g/mol. The summed E-state index contributed by atoms with van der Waals surface area (Å²) in [6.07, 6.45) is 5.39. The first-order chi connectivity index (χ1) is 13.3. The van der Waals surface area contributed by atoms with Crippen molar-refractivity contribution in [1.82, 2.24) is 0 Å². The van der Waals surface area contributed by atoms with Gasteiger partial charge in [0.1, 0.15) is 10.6 Å². The van der Waals surface area contributed by atoms with Crippen molar-refractivity contribution in [3.05, 3.63) is 54.8 Å². The Kier molecular flexibility index (Phi) is 6.08. The van der Waals surface area contributed by atoms with Gasteiger partial charge in [-0.2, -0.15) is 0 Å². The molecule has 2 aromatic rings. The van der Waals surface area contributed by atoms with Gasteiger partial charge in [-0.25, -0.2) is 4.79 Å². The summed E-state index contributed by atoms with van der Waals surface area (Å²) in [4.78, 5) is 36.8. The van der Waals surface area contributed by atoms with Crippen LogP contribution in [0.15, 0.2) is 18.2 Å². The first kappa shape index (κ1) is 20.0. The SMILES string of the molecule is Cc1cc(NC(=O)COC(=O)c2cc3c(s2)CCCCC3)c([N+](=O)[O-])cc1C. The summed E-state index contributed by atoms with van der Waals surface area (Å²) in [6.45, 7) is 3.07. The second kappa shape index (κ2) is 8.52. The van der Waals surface area contributed by atoms with Crippen LogP contribution in [0.5, 0.6) is 0 Å². The summed E-state index contributed by atoms with van der Waals surface area (Å²) in [7, 11) is 0. The zero-order valence-electron chi connectivity index (χ0n) is 15.9. The Labute approximate surface area is 166 Å². The average molecular weight is 402 g/mol. The van der Waals surface area contributed by atoms with Crippen LogP contribution in [0, 0.1) is 24.0 Å². The van der Waals surface area contributed by atoms with Crippen molar-refractivity contribution in [3.63, 3.8) is 0 Å². The Bertz CT molecular complexity index is 911. The zero-order chi connectivity index (χ0) is 20.3. The summed E-state index contributed by atoms with van der Waals surface area (Å²) in [5, 5.41) is 13.7. The summed E-state index contributed by atoms with van der Waals surface area (Å²) >= 11 is 1.43. The molecule has 1 aromatic carbocycles. The van der Waals surface area contributed by atoms with Crippen molar-refractivity contribution in [1.29, 1.82) is 0 Å². The Morgan fingerprint density at radius 3 is 2.61 bits per heavy atom. The average Bonchev–Trinajstić information content (AvgIpc) is 2.93. The molecule has 1 aromatic heterocycles. The third-order valence-corrected chi connectivity index (χ3v) is 6.08. The van der Waals surface area contributed by atoms with Gasteiger partial charge in [-0.15, -0.1) is 11.3 Å². The number of nitrogens with zero attached hydrogens (tertiary/aromatic N) is 1. The molecule has 0 radical (unpaired) electrons. The lowest BCUT2D eigenvalue weighted by Gasteiger charge is -2.09. The number of ether oxygens (including phenoxy) is 1. The molecule has 8 heteroatoms. The maximum Gasteiger partial charge on any atom is 0.348 e. The molecule has 0 aliphatic heterocycles. The third-order valence-electron chi connectivity index (χ3n) is 4.86. The summed E-state index contributed by atoms with van der Waals surface area (Å²) in [6, 6.07) is 4.82. The van der Waals surface area contributed by atoms with E-state index in [1.54, 1.807) is 19.9 Å². The number of anilines is 1. The summed E-state index contributed by atoms with van der Waals surface area (Å²) in [5.74, 6) is -1.15. The van der Waals surface area contributed by atoms with Crippen molar-refractivity contribution in [2.45, 2.75) is 46.0 Å². The fraction of sp³-hybridized carbons (Fsp3) is 0.400. The van der Waals surface area contributed by atoms with Gasteiger partial charge in [0.15, 0.2) is 6.61 Å². The monoisotopic (exact) mass is 402 g/mol. The van der Waals surface area contributed by atoms with Crippen molar-refractivity contribution in [3.8, 4) is 0 Å². The van der Waals surface area contributed by atoms with E-state index in [0.29, 0.717) is 4.88 Å². The topological polar surface area (TPSA) is 98.5 Å². The lowest BCUT2D eigenvalue weighted by Crippen LogP contribution is -2.21. The molecule has 0 atom stereocenters. The van der Waals surface area contributed by atoms with Crippen molar-refractivity contribution < 1.29 is 19.2 Å². The van der Waals surface area contributed by atoms with Gasteiger partial charge in [-0.05, 0) is 68.4 Å². The number of amides is 1. The number of benzene rings is 1. The van der Waals surface area contributed by atoms with Crippen LogP contribution in [-0.4, -0.2) is 23.4 Å². The van der Waals surface area contributed by atoms with Gasteiger partial charge < -0.3 is 10.1 Å². The van der Waals surface area contributed by atoms with Gasteiger partial charge >= 0.3 is 5.97 Å². The molecule has 28 heavy (non-hydrogen) atoms. The molecule has 1 amide bonds. The maximum atomic E-state index is 12.3. The number of nitro benzene ring substituents is 1. The Morgan fingerprint density at radius 2 is 1.86 bits per heavy atom. The van der Waals surface area contributed by atoms with E-state index in [2.05, 4.69) is 5.32 Å². The molecule has 0 saturated carbocycles. The number of nitro groups is 1. The lowest BCUT2D eigenvalue weighted by atomic mass is 10.1. The molecule has 0 saturated heterocycles. The Morgan fingerprint density at radius 1 is 1.14 bits per heavy atom. The van der Waals surface area contributed by atoms with Gasteiger partial charge in [0.2, 0.25) is 0 Å². The van der Waals surface area contributed by atoms with Gasteiger partial charge in [0.05, 0.1) is 4.92 Å². The van der Waals surface area contributed by atoms with E-state index >= 15 is 0 Å². The lowest BCUT2D eigenvalue weighted by molar-refractivity contribution is -0.384. The molecule has 0 spiro atoms. The molecular formula is C20H22N2O5S. The van der Waals surface area contributed by atoms with Gasteiger partial charge in [-0.3, -0.25) is 14.9 Å². The number of hydrogen-bond donors (Lipinski definition) is 1. The normalized spacial score (nSPS) is 13.4. The molecule has 3 rings (SSSR count). The molecule has 7 nitrogen and oxygen atoms in total. The minimum atomic E-state index is -0.613. The van der Waals surface area contributed by atoms with Crippen LogP contribution in [0.2, 0.25) is 0 Å². The van der Waals surface area contributed by atoms with E-state index in [1.165, 1.54) is 34.3 Å². The van der Waals surface area contributed by atoms with E-state index in [0.717, 1.165) is 36.8 Å². The van der Waals surface area contributed by atoms with Crippen LogP contribution in [0.1, 0.15) is 50.5 Å². The second-order valence-corrected chi connectivity index (χ2v) is 8.09. The highest BCUT2D eigenvalue weighted by molar-refractivity contribution is 7.14. The maximum absolute atomic E-state index is 12.3. The highest BCUT2D eigenvalue weighted by Crippen LogP contribution is 2.30. The number of rotatable bonds is 5. The fourth-order valence-electron chi connectivity index (χ4n) is 3.21. The highest BCUT2D eigenvalue weighted by Gasteiger charge is 2.20. The third kappa shape index (κ3) is 4.56. The summed E-state index contributed by atoms with van der Waals surface area (Å²) < 4.78 is 5.11. The molecule has 1 heterocycles. The number of carbonyl (C=O) groups excluding carboxylic acids is 2. The summed E-state index contributed by atoms with van der Waals surface area (Å²) in [5.41, 5.74) is 2.68. The molecule has 148 valence electrons. The molecule has 0 fully saturated rings. The van der Waals surface area contributed by atoms with Crippen LogP contribution in [0.25, 0.3) is 0 Å². The number of fused-ring (bicyclic) bond motifs is 1. The van der Waals surface area contributed by atoms with Gasteiger partial charge in [0.25, 0.3) is 11.6 Å². The first-order valence-corrected chi connectivity index (χ1v) is 10.0. The zero-order valence-corrected chi connectivity index (χ0v) is 16.7. The van der Waals surface area contributed by atoms with E-state index in [1.807, 2.05) is 6.07 Å². The van der Waals surface area contributed by atoms with Gasteiger partial charge in [0, 0.05) is 10.9 Å². The van der Waals surface area contributed by atoms with Gasteiger partial charge in [-0.1, -0.05) is 6.42 Å². The van der Waals surface area contributed by atoms with E-state index < -0.39 is 23.4 Å². The predicted octanol–water partition coefficient (Wildman–Crippen LogP) is 4.34. The van der Waals surface area contributed by atoms with Crippen LogP contribution in [-0.2, 0) is 22.4 Å². The predicted molar refractivity (Wildman–Crippen MR) is 107 cm³/mol. The Balaban J connectivity index is 1.62. The number of aryl methyl sites for hydroxylation is 4. The number of hydrogen-bond acceptors (Lipinski definition) is 6. The highest BCUT2D eigenvalue weighted by atomic mass is 32.1. The van der Waals surface area contributed by atoms with Crippen LogP contribution in [0.3, 0.4) is 0 Å². The van der Waals surface area contributed by atoms with Crippen molar-refractivity contribution in [2.75, 3.05) is 11.9 Å². The fourth-order valence-corrected chi connectivity index (χ4v) is 4.36. The second-order valence-electron chi connectivity index (χ2n) is 6.95. The molecule has 1 N–H and O–H groups in total. The molecule has 0 unspecified atom stereocenters. The van der Waals surface area contributed by atoms with Crippen molar-refractivity contribution in [2.24, 2.45) is 0 Å². The van der Waals surface area contributed by atoms with Crippen LogP contribution >= 0.6 is 11.3 Å². The molecule has 1 aliphatic rings. The largest absolute Gasteiger partial charge is 0.451 e. The van der Waals surface area contributed by atoms with E-state index in [9.17, 15) is 19.7 Å². The molecule has 1 aliphatic carbocycles. The standard InChI is InChI=1S/C20H22N2O5S/c1-12-8-15(16(22(25)26)9-13(12)2)21-19(23)11-27-20(24)18-10-14-6-4-3-5-7-17(14)28-18/h8-10H,3-7,11H2,1-2H3,(H,21,23). The van der Waals surface area contributed by atoms with Crippen LogP contribution in [0.4, 0.5) is 11.4 Å². The number of thiophene rings is 1. The van der Waals surface area contributed by atoms with Crippen LogP contribution < -0.4 is 5.32 Å². The minimum absolute atomic E-state index is 0.0944. The Hall–Kier alpha value is -2.74. The quantitative estimate of drug-likeness (QED) is 0.347. The number of nitrogens with one attached hydrogen (secondary N) is 1. The van der Waals surface area contributed by atoms with Crippen molar-refractivity contribution >= 4 is 34.6 Å².